The van der Waals surface area contributed by atoms with E-state index >= 15 is 0 Å². The molecular weight excluding hydrogens is 372 g/mol. The van der Waals surface area contributed by atoms with Gasteiger partial charge in [0, 0.05) is 37.3 Å². The van der Waals surface area contributed by atoms with Crippen molar-refractivity contribution in [1.29, 1.82) is 0 Å². The number of ether oxygens (including phenoxy) is 1. The van der Waals surface area contributed by atoms with Gasteiger partial charge in [-0.05, 0) is 24.1 Å². The fraction of sp³-hybridized carbons (Fsp3) is 0.571. The molecule has 4 heterocycles. The van der Waals surface area contributed by atoms with Crippen molar-refractivity contribution in [2.75, 3.05) is 31.1 Å². The molecule has 5 rings (SSSR count). The smallest absolute Gasteiger partial charge is 0.321 e. The largest absolute Gasteiger partial charge is 0.351 e. The zero-order valence-electron chi connectivity index (χ0n) is 16.8. The summed E-state index contributed by atoms with van der Waals surface area (Å²) >= 11 is 0. The summed E-state index contributed by atoms with van der Waals surface area (Å²) in [6.07, 6.45) is 0.954. The Labute approximate surface area is 169 Å². The SMILES string of the molecule is CC(C)[C@@H]1CO[C@@]23CCN(C(=O)c4cccc(N5CCNC5=O)c4)[C@@H]2CC(=O)N13. The third-order valence-electron chi connectivity index (χ3n) is 6.78. The Morgan fingerprint density at radius 2 is 2.10 bits per heavy atom. The van der Waals surface area contributed by atoms with E-state index in [9.17, 15) is 14.4 Å². The van der Waals surface area contributed by atoms with E-state index in [1.165, 1.54) is 0 Å². The first-order valence-corrected chi connectivity index (χ1v) is 10.3. The number of hydrogen-bond acceptors (Lipinski definition) is 4. The average molecular weight is 398 g/mol. The standard InChI is InChI=1S/C21H26N4O4/c1-13(2)16-12-29-21-6-8-24(17(21)11-18(26)25(16)21)19(27)14-4-3-5-15(10-14)23-9-7-22-20(23)28/h3-5,10,13,16-17H,6-9,11-12H2,1-2H3,(H,22,28)/t16-,17+,21-/m0/s1. The number of amides is 4. The highest BCUT2D eigenvalue weighted by atomic mass is 16.5. The third kappa shape index (κ3) is 2.58. The van der Waals surface area contributed by atoms with Crippen LogP contribution < -0.4 is 10.2 Å². The predicted octanol–water partition coefficient (Wildman–Crippen LogP) is 1.41. The number of nitrogens with zero attached hydrogens (tertiary/aromatic N) is 3. The summed E-state index contributed by atoms with van der Waals surface area (Å²) in [6, 6.07) is 6.83. The number of benzene rings is 1. The summed E-state index contributed by atoms with van der Waals surface area (Å²) in [7, 11) is 0. The van der Waals surface area contributed by atoms with Gasteiger partial charge in [-0.1, -0.05) is 19.9 Å². The van der Waals surface area contributed by atoms with E-state index in [-0.39, 0.29) is 29.9 Å². The average Bonchev–Trinajstić information content (AvgIpc) is 3.43. The van der Waals surface area contributed by atoms with Crippen LogP contribution in [-0.2, 0) is 9.53 Å². The molecule has 8 heteroatoms. The molecule has 154 valence electrons. The van der Waals surface area contributed by atoms with Crippen LogP contribution in [0.3, 0.4) is 0 Å². The second-order valence-corrected chi connectivity index (χ2v) is 8.63. The maximum absolute atomic E-state index is 13.4. The number of nitrogens with one attached hydrogen (secondary N) is 1. The summed E-state index contributed by atoms with van der Waals surface area (Å²) in [5.74, 6) is 0.274. The minimum absolute atomic E-state index is 0.0690. The molecule has 1 aromatic rings. The van der Waals surface area contributed by atoms with E-state index in [1.807, 2.05) is 11.0 Å². The molecule has 4 saturated heterocycles. The van der Waals surface area contributed by atoms with Gasteiger partial charge in [-0.15, -0.1) is 0 Å². The van der Waals surface area contributed by atoms with Crippen molar-refractivity contribution in [3.8, 4) is 0 Å². The van der Waals surface area contributed by atoms with Gasteiger partial charge in [0.2, 0.25) is 5.91 Å². The second-order valence-electron chi connectivity index (χ2n) is 8.63. The first kappa shape index (κ1) is 18.4. The molecule has 0 saturated carbocycles. The molecule has 1 aromatic carbocycles. The molecule has 4 fully saturated rings. The molecule has 4 amide bonds. The number of likely N-dealkylation sites (tertiary alicyclic amines) is 1. The Morgan fingerprint density at radius 3 is 2.83 bits per heavy atom. The maximum Gasteiger partial charge on any atom is 0.321 e. The van der Waals surface area contributed by atoms with Gasteiger partial charge in [-0.3, -0.25) is 14.5 Å². The van der Waals surface area contributed by atoms with Crippen molar-refractivity contribution in [2.24, 2.45) is 5.92 Å². The Morgan fingerprint density at radius 1 is 1.28 bits per heavy atom. The summed E-state index contributed by atoms with van der Waals surface area (Å²) in [5, 5.41) is 2.78. The molecule has 0 radical (unpaired) electrons. The Hall–Kier alpha value is -2.61. The zero-order chi connectivity index (χ0) is 20.3. The monoisotopic (exact) mass is 398 g/mol. The molecule has 4 aliphatic rings. The van der Waals surface area contributed by atoms with Gasteiger partial charge in [0.25, 0.3) is 5.91 Å². The van der Waals surface area contributed by atoms with E-state index in [0.29, 0.717) is 56.3 Å². The van der Waals surface area contributed by atoms with Gasteiger partial charge in [0.15, 0.2) is 5.72 Å². The Balaban J connectivity index is 1.41. The van der Waals surface area contributed by atoms with Crippen LogP contribution in [0.15, 0.2) is 24.3 Å². The van der Waals surface area contributed by atoms with Crippen LogP contribution in [0.4, 0.5) is 10.5 Å². The summed E-state index contributed by atoms with van der Waals surface area (Å²) < 4.78 is 6.22. The normalized spacial score (nSPS) is 30.9. The van der Waals surface area contributed by atoms with E-state index in [1.54, 1.807) is 28.0 Å². The molecule has 1 N–H and O–H groups in total. The van der Waals surface area contributed by atoms with Crippen LogP contribution >= 0.6 is 0 Å². The number of carbonyl (C=O) groups excluding carboxylic acids is 3. The molecule has 0 aliphatic carbocycles. The lowest BCUT2D eigenvalue weighted by Crippen LogP contribution is -2.51. The van der Waals surface area contributed by atoms with Gasteiger partial charge in [-0.2, -0.15) is 0 Å². The fourth-order valence-electron chi connectivity index (χ4n) is 5.30. The molecular formula is C21H26N4O4. The van der Waals surface area contributed by atoms with Gasteiger partial charge < -0.3 is 19.9 Å². The highest BCUT2D eigenvalue weighted by Gasteiger charge is 2.65. The number of hydrogen-bond donors (Lipinski definition) is 1. The summed E-state index contributed by atoms with van der Waals surface area (Å²) in [5.41, 5.74) is 0.568. The van der Waals surface area contributed by atoms with Gasteiger partial charge in [0.05, 0.1) is 25.1 Å². The quantitative estimate of drug-likeness (QED) is 0.835. The number of anilines is 1. The Kier molecular flexibility index (Phi) is 4.10. The van der Waals surface area contributed by atoms with Crippen LogP contribution in [0.5, 0.6) is 0 Å². The lowest BCUT2D eigenvalue weighted by atomic mass is 10.0. The summed E-state index contributed by atoms with van der Waals surface area (Å²) in [4.78, 5) is 43.5. The fourth-order valence-corrected chi connectivity index (χ4v) is 5.30. The highest BCUT2D eigenvalue weighted by Crippen LogP contribution is 2.49. The topological polar surface area (TPSA) is 82.2 Å². The molecule has 3 atom stereocenters. The maximum atomic E-state index is 13.4. The van der Waals surface area contributed by atoms with Crippen molar-refractivity contribution >= 4 is 23.5 Å². The molecule has 0 unspecified atom stereocenters. The molecule has 29 heavy (non-hydrogen) atoms. The van der Waals surface area contributed by atoms with Gasteiger partial charge >= 0.3 is 6.03 Å². The summed E-state index contributed by atoms with van der Waals surface area (Å²) in [6.45, 7) is 6.48. The number of rotatable bonds is 3. The molecule has 4 aliphatic heterocycles. The molecule has 0 aromatic heterocycles. The molecule has 0 bridgehead atoms. The van der Waals surface area contributed by atoms with E-state index in [0.717, 1.165) is 0 Å². The predicted molar refractivity (Wildman–Crippen MR) is 105 cm³/mol. The van der Waals surface area contributed by atoms with Crippen molar-refractivity contribution in [1.82, 2.24) is 15.1 Å². The third-order valence-corrected chi connectivity index (χ3v) is 6.78. The van der Waals surface area contributed by atoms with E-state index in [2.05, 4.69) is 19.2 Å². The Bertz CT molecular complexity index is 887. The van der Waals surface area contributed by atoms with Crippen molar-refractivity contribution < 1.29 is 19.1 Å². The molecule has 1 spiro atoms. The van der Waals surface area contributed by atoms with Crippen LogP contribution in [0.1, 0.15) is 37.0 Å². The molecule has 8 nitrogen and oxygen atoms in total. The van der Waals surface area contributed by atoms with Crippen molar-refractivity contribution in [3.63, 3.8) is 0 Å². The van der Waals surface area contributed by atoms with Crippen molar-refractivity contribution in [3.05, 3.63) is 29.8 Å². The van der Waals surface area contributed by atoms with E-state index in [4.69, 9.17) is 4.74 Å². The number of urea groups is 1. The van der Waals surface area contributed by atoms with Gasteiger partial charge in [-0.25, -0.2) is 4.79 Å². The first-order chi connectivity index (χ1) is 13.9. The second kappa shape index (κ2) is 6.45. The minimum atomic E-state index is -0.672. The van der Waals surface area contributed by atoms with E-state index < -0.39 is 5.72 Å². The lowest BCUT2D eigenvalue weighted by Gasteiger charge is -2.34. The lowest BCUT2D eigenvalue weighted by molar-refractivity contribution is -0.139. The minimum Gasteiger partial charge on any atom is -0.351 e. The highest BCUT2D eigenvalue weighted by molar-refractivity contribution is 5.99. The number of carbonyl (C=O) groups is 3. The van der Waals surface area contributed by atoms with Crippen LogP contribution in [0, 0.1) is 5.92 Å². The van der Waals surface area contributed by atoms with Crippen LogP contribution in [-0.4, -0.2) is 71.7 Å². The van der Waals surface area contributed by atoms with Crippen molar-refractivity contribution in [2.45, 2.75) is 44.5 Å². The van der Waals surface area contributed by atoms with Gasteiger partial charge in [0.1, 0.15) is 0 Å². The van der Waals surface area contributed by atoms with Crippen LogP contribution in [0.25, 0.3) is 0 Å². The van der Waals surface area contributed by atoms with Crippen LogP contribution in [0.2, 0.25) is 0 Å². The first-order valence-electron chi connectivity index (χ1n) is 10.3. The zero-order valence-corrected chi connectivity index (χ0v) is 16.8.